The van der Waals surface area contributed by atoms with Crippen LogP contribution in [0.25, 0.3) is 0 Å². The fraction of sp³-hybridized carbons (Fsp3) is 0.462. The van der Waals surface area contributed by atoms with Crippen LogP contribution in [0.2, 0.25) is 0 Å². The van der Waals surface area contributed by atoms with E-state index in [4.69, 9.17) is 5.11 Å². The molecule has 1 unspecified atom stereocenters. The highest BCUT2D eigenvalue weighted by Crippen LogP contribution is 2.35. The lowest BCUT2D eigenvalue weighted by Crippen LogP contribution is -2.15. The Morgan fingerprint density at radius 1 is 1.33 bits per heavy atom. The van der Waals surface area contributed by atoms with Crippen LogP contribution >= 0.6 is 0 Å². The quantitative estimate of drug-likeness (QED) is 0.750. The van der Waals surface area contributed by atoms with Crippen molar-refractivity contribution in [2.45, 2.75) is 32.1 Å². The second kappa shape index (κ2) is 4.47. The number of hydrogen-bond donors (Lipinski definition) is 1. The molecular formula is C13H16O2. The molecule has 0 aromatic rings. The van der Waals surface area contributed by atoms with Crippen molar-refractivity contribution < 1.29 is 9.90 Å². The molecule has 1 fully saturated rings. The summed E-state index contributed by atoms with van der Waals surface area (Å²) < 4.78 is 0. The Morgan fingerprint density at radius 2 is 2.07 bits per heavy atom. The topological polar surface area (TPSA) is 37.3 Å². The predicted molar refractivity (Wildman–Crippen MR) is 59.5 cm³/mol. The molecule has 1 saturated carbocycles. The molecule has 0 aliphatic heterocycles. The molecule has 0 heterocycles. The van der Waals surface area contributed by atoms with Crippen molar-refractivity contribution in [3.05, 3.63) is 35.5 Å². The summed E-state index contributed by atoms with van der Waals surface area (Å²) in [6.07, 6.45) is 13.0. The van der Waals surface area contributed by atoms with Gasteiger partial charge < -0.3 is 5.11 Å². The maximum atomic E-state index is 10.8. The zero-order valence-electron chi connectivity index (χ0n) is 8.78. The van der Waals surface area contributed by atoms with Gasteiger partial charge in [-0.15, -0.1) is 0 Å². The predicted octanol–water partition coefficient (Wildman–Crippen LogP) is 3.07. The number of carboxylic acid groups (broad SMARTS) is 1. The minimum Gasteiger partial charge on any atom is -0.481 e. The second-order valence-corrected chi connectivity index (χ2v) is 4.24. The first-order chi connectivity index (χ1) is 7.27. The molecule has 0 spiro atoms. The van der Waals surface area contributed by atoms with E-state index in [1.807, 2.05) is 12.2 Å². The molecule has 1 N–H and O–H groups in total. The summed E-state index contributed by atoms with van der Waals surface area (Å²) in [4.78, 5) is 10.8. The van der Waals surface area contributed by atoms with Crippen molar-refractivity contribution in [1.29, 1.82) is 0 Å². The van der Waals surface area contributed by atoms with Crippen LogP contribution in [-0.4, -0.2) is 11.1 Å². The SMILES string of the molecule is O=C(O)CC1CCCCC1=C1C=CC=C1. The minimum absolute atomic E-state index is 0.263. The third-order valence-corrected chi connectivity index (χ3v) is 3.20. The molecular weight excluding hydrogens is 188 g/mol. The summed E-state index contributed by atoms with van der Waals surface area (Å²) in [5, 5.41) is 8.87. The van der Waals surface area contributed by atoms with Crippen LogP contribution in [0.15, 0.2) is 35.5 Å². The number of aliphatic carboxylic acids is 1. The first kappa shape index (κ1) is 10.2. The zero-order valence-corrected chi connectivity index (χ0v) is 8.78. The summed E-state index contributed by atoms with van der Waals surface area (Å²) in [5.41, 5.74) is 2.61. The van der Waals surface area contributed by atoms with Gasteiger partial charge in [0, 0.05) is 0 Å². The Balaban J connectivity index is 2.19. The van der Waals surface area contributed by atoms with Gasteiger partial charge in [0.2, 0.25) is 0 Å². The largest absolute Gasteiger partial charge is 0.481 e. The minimum atomic E-state index is -0.675. The Kier molecular flexibility index (Phi) is 3.05. The summed E-state index contributed by atoms with van der Waals surface area (Å²) in [5.74, 6) is -0.412. The van der Waals surface area contributed by atoms with Crippen LogP contribution < -0.4 is 0 Å². The molecule has 0 amide bonds. The van der Waals surface area contributed by atoms with Crippen molar-refractivity contribution in [2.24, 2.45) is 5.92 Å². The van der Waals surface area contributed by atoms with Crippen LogP contribution in [-0.2, 0) is 4.79 Å². The molecule has 0 aromatic carbocycles. The monoisotopic (exact) mass is 204 g/mol. The molecule has 2 heteroatoms. The second-order valence-electron chi connectivity index (χ2n) is 4.24. The summed E-state index contributed by atoms with van der Waals surface area (Å²) in [6, 6.07) is 0. The first-order valence-corrected chi connectivity index (χ1v) is 5.57. The van der Waals surface area contributed by atoms with Gasteiger partial charge in [0.1, 0.15) is 0 Å². The molecule has 0 radical (unpaired) electrons. The number of rotatable bonds is 2. The van der Waals surface area contributed by atoms with Crippen molar-refractivity contribution in [1.82, 2.24) is 0 Å². The van der Waals surface area contributed by atoms with Crippen molar-refractivity contribution in [3.63, 3.8) is 0 Å². The van der Waals surface area contributed by atoms with E-state index < -0.39 is 5.97 Å². The van der Waals surface area contributed by atoms with Gasteiger partial charge in [0.05, 0.1) is 6.42 Å². The van der Waals surface area contributed by atoms with Crippen molar-refractivity contribution in [3.8, 4) is 0 Å². The van der Waals surface area contributed by atoms with E-state index >= 15 is 0 Å². The highest BCUT2D eigenvalue weighted by atomic mass is 16.4. The van der Waals surface area contributed by atoms with E-state index in [9.17, 15) is 4.79 Å². The normalized spacial score (nSPS) is 24.9. The van der Waals surface area contributed by atoms with Crippen LogP contribution in [0.3, 0.4) is 0 Å². The molecule has 0 saturated heterocycles. The van der Waals surface area contributed by atoms with E-state index in [2.05, 4.69) is 12.2 Å². The lowest BCUT2D eigenvalue weighted by molar-refractivity contribution is -0.137. The number of carboxylic acids is 1. The van der Waals surface area contributed by atoms with E-state index in [1.165, 1.54) is 24.0 Å². The highest BCUT2D eigenvalue weighted by Gasteiger charge is 2.23. The zero-order chi connectivity index (χ0) is 10.7. The average Bonchev–Trinajstić information content (AvgIpc) is 2.70. The summed E-state index contributed by atoms with van der Waals surface area (Å²) >= 11 is 0. The first-order valence-electron chi connectivity index (χ1n) is 5.57. The molecule has 2 aliphatic rings. The summed E-state index contributed by atoms with van der Waals surface area (Å²) in [7, 11) is 0. The van der Waals surface area contributed by atoms with E-state index in [-0.39, 0.29) is 5.92 Å². The average molecular weight is 204 g/mol. The fourth-order valence-corrected chi connectivity index (χ4v) is 2.49. The van der Waals surface area contributed by atoms with Gasteiger partial charge in [-0.3, -0.25) is 4.79 Å². The van der Waals surface area contributed by atoms with Gasteiger partial charge in [0.15, 0.2) is 0 Å². The molecule has 15 heavy (non-hydrogen) atoms. The maximum Gasteiger partial charge on any atom is 0.303 e. The van der Waals surface area contributed by atoms with Crippen LogP contribution in [0.1, 0.15) is 32.1 Å². The van der Waals surface area contributed by atoms with Crippen molar-refractivity contribution in [2.75, 3.05) is 0 Å². The Labute approximate surface area is 90.0 Å². The number of hydrogen-bond acceptors (Lipinski definition) is 1. The molecule has 2 aliphatic carbocycles. The third-order valence-electron chi connectivity index (χ3n) is 3.20. The standard InChI is InChI=1S/C13H16O2/c14-13(15)9-11-7-3-4-8-12(11)10-5-1-2-6-10/h1-2,5-6,11H,3-4,7-9H2,(H,14,15). The third kappa shape index (κ3) is 2.38. The smallest absolute Gasteiger partial charge is 0.303 e. The highest BCUT2D eigenvalue weighted by molar-refractivity contribution is 5.68. The van der Waals surface area contributed by atoms with E-state index in [1.54, 1.807) is 0 Å². The van der Waals surface area contributed by atoms with Crippen LogP contribution in [0.4, 0.5) is 0 Å². The summed E-state index contributed by atoms with van der Waals surface area (Å²) in [6.45, 7) is 0. The van der Waals surface area contributed by atoms with Gasteiger partial charge in [0.25, 0.3) is 0 Å². The maximum absolute atomic E-state index is 10.8. The van der Waals surface area contributed by atoms with E-state index in [0.29, 0.717) is 6.42 Å². The van der Waals surface area contributed by atoms with Gasteiger partial charge in [-0.05, 0) is 30.8 Å². The number of allylic oxidation sites excluding steroid dienone is 6. The lowest BCUT2D eigenvalue weighted by atomic mass is 9.80. The van der Waals surface area contributed by atoms with E-state index in [0.717, 1.165) is 12.8 Å². The van der Waals surface area contributed by atoms with Crippen molar-refractivity contribution >= 4 is 5.97 Å². The van der Waals surface area contributed by atoms with Crippen LogP contribution in [0.5, 0.6) is 0 Å². The van der Waals surface area contributed by atoms with Crippen LogP contribution in [0, 0.1) is 5.92 Å². The Hall–Kier alpha value is -1.31. The number of carbonyl (C=O) groups is 1. The molecule has 80 valence electrons. The van der Waals surface area contributed by atoms with Gasteiger partial charge in [-0.1, -0.05) is 36.3 Å². The van der Waals surface area contributed by atoms with Gasteiger partial charge >= 0.3 is 5.97 Å². The Bertz CT molecular complexity index is 334. The molecule has 1 atom stereocenters. The fourth-order valence-electron chi connectivity index (χ4n) is 2.49. The molecule has 0 bridgehead atoms. The van der Waals surface area contributed by atoms with Gasteiger partial charge in [-0.25, -0.2) is 0 Å². The molecule has 2 rings (SSSR count). The molecule has 0 aromatic heterocycles. The Morgan fingerprint density at radius 3 is 2.73 bits per heavy atom. The lowest BCUT2D eigenvalue weighted by Gasteiger charge is -2.25. The molecule has 2 nitrogen and oxygen atoms in total. The van der Waals surface area contributed by atoms with Gasteiger partial charge in [-0.2, -0.15) is 0 Å².